The zero-order valence-electron chi connectivity index (χ0n) is 15.1. The van der Waals surface area contributed by atoms with E-state index in [0.29, 0.717) is 12.2 Å². The van der Waals surface area contributed by atoms with Gasteiger partial charge in [0, 0.05) is 50.9 Å². The van der Waals surface area contributed by atoms with Crippen LogP contribution in [0.3, 0.4) is 0 Å². The molecule has 1 aromatic rings. The van der Waals surface area contributed by atoms with Crippen molar-refractivity contribution in [2.24, 2.45) is 0 Å². The highest BCUT2D eigenvalue weighted by atomic mass is 16.5. The summed E-state index contributed by atoms with van der Waals surface area (Å²) in [6, 6.07) is 7.59. The number of morpholine rings is 1. The molecule has 2 aliphatic heterocycles. The molecule has 1 atom stereocenters. The van der Waals surface area contributed by atoms with Gasteiger partial charge < -0.3 is 14.8 Å². The minimum absolute atomic E-state index is 0.00285. The Morgan fingerprint density at radius 3 is 2.60 bits per heavy atom. The molecular weight excluding hydrogens is 318 g/mol. The van der Waals surface area contributed by atoms with Crippen LogP contribution in [0, 0.1) is 0 Å². The second-order valence-corrected chi connectivity index (χ2v) is 6.67. The van der Waals surface area contributed by atoms with Gasteiger partial charge in [-0.05, 0) is 37.6 Å². The maximum atomic E-state index is 12.4. The van der Waals surface area contributed by atoms with E-state index in [1.165, 1.54) is 0 Å². The summed E-state index contributed by atoms with van der Waals surface area (Å²) >= 11 is 0. The number of benzene rings is 1. The van der Waals surface area contributed by atoms with Crippen molar-refractivity contribution in [3.05, 3.63) is 29.8 Å². The van der Waals surface area contributed by atoms with E-state index < -0.39 is 0 Å². The molecule has 0 radical (unpaired) electrons. The van der Waals surface area contributed by atoms with Crippen LogP contribution < -0.4 is 10.1 Å². The summed E-state index contributed by atoms with van der Waals surface area (Å²) in [6.07, 6.45) is 1.02. The van der Waals surface area contributed by atoms with Crippen LogP contribution in [-0.2, 0) is 4.74 Å². The van der Waals surface area contributed by atoms with Crippen LogP contribution >= 0.6 is 0 Å². The van der Waals surface area contributed by atoms with Crippen LogP contribution in [0.25, 0.3) is 0 Å². The Morgan fingerprint density at radius 1 is 1.16 bits per heavy atom. The minimum atomic E-state index is 0.00285. The predicted octanol–water partition coefficient (Wildman–Crippen LogP) is 1.22. The molecule has 0 saturated carbocycles. The normalized spacial score (nSPS) is 22.0. The van der Waals surface area contributed by atoms with E-state index >= 15 is 0 Å². The highest BCUT2D eigenvalue weighted by Crippen LogP contribution is 2.14. The number of likely N-dealkylation sites (tertiary alicyclic amines) is 1. The van der Waals surface area contributed by atoms with E-state index in [1.54, 1.807) is 0 Å². The average molecular weight is 347 g/mol. The fraction of sp³-hybridized carbons (Fsp3) is 0.632. The second kappa shape index (κ2) is 9.17. The Labute approximate surface area is 150 Å². The molecule has 2 fully saturated rings. The number of ether oxygens (including phenoxy) is 2. The first kappa shape index (κ1) is 18.2. The van der Waals surface area contributed by atoms with Gasteiger partial charge in [0.25, 0.3) is 5.91 Å². The summed E-state index contributed by atoms with van der Waals surface area (Å²) in [7, 11) is 0. The zero-order chi connectivity index (χ0) is 17.5. The van der Waals surface area contributed by atoms with Gasteiger partial charge in [0.15, 0.2) is 0 Å². The third kappa shape index (κ3) is 5.42. The van der Waals surface area contributed by atoms with Gasteiger partial charge in [-0.15, -0.1) is 0 Å². The van der Waals surface area contributed by atoms with E-state index in [4.69, 9.17) is 9.47 Å². The smallest absolute Gasteiger partial charge is 0.251 e. The van der Waals surface area contributed by atoms with E-state index in [1.807, 2.05) is 31.2 Å². The Kier molecular flexibility index (Phi) is 6.67. The summed E-state index contributed by atoms with van der Waals surface area (Å²) in [5.41, 5.74) is 0.690. The number of amides is 1. The zero-order valence-corrected chi connectivity index (χ0v) is 15.1. The van der Waals surface area contributed by atoms with E-state index in [0.717, 1.165) is 64.7 Å². The third-order valence-electron chi connectivity index (χ3n) is 4.87. The molecule has 2 heterocycles. The molecule has 0 aromatic heterocycles. The minimum Gasteiger partial charge on any atom is -0.494 e. The van der Waals surface area contributed by atoms with Crippen molar-refractivity contribution < 1.29 is 14.3 Å². The molecule has 1 amide bonds. The number of hydrogen-bond acceptors (Lipinski definition) is 5. The molecule has 0 aliphatic carbocycles. The lowest BCUT2D eigenvalue weighted by molar-refractivity contribution is 0.0343. The van der Waals surface area contributed by atoms with Crippen LogP contribution in [0.4, 0.5) is 0 Å². The van der Waals surface area contributed by atoms with Gasteiger partial charge in [0.2, 0.25) is 0 Å². The molecule has 1 N–H and O–H groups in total. The Hall–Kier alpha value is -1.63. The number of carbonyl (C=O) groups is 1. The lowest BCUT2D eigenvalue weighted by Gasteiger charge is -2.28. The number of hydrogen-bond donors (Lipinski definition) is 1. The SMILES string of the molecule is CCOc1ccc(C(=O)NC2CCN(CCN3CCOCC3)C2)cc1. The van der Waals surface area contributed by atoms with E-state index in [2.05, 4.69) is 15.1 Å². The maximum absolute atomic E-state index is 12.4. The highest BCUT2D eigenvalue weighted by molar-refractivity contribution is 5.94. The lowest BCUT2D eigenvalue weighted by atomic mass is 10.2. The largest absolute Gasteiger partial charge is 0.494 e. The molecule has 138 valence electrons. The van der Waals surface area contributed by atoms with Crippen molar-refractivity contribution in [1.29, 1.82) is 0 Å². The van der Waals surface area contributed by atoms with Crippen LogP contribution in [0.5, 0.6) is 5.75 Å². The average Bonchev–Trinajstić information content (AvgIpc) is 3.09. The number of nitrogens with one attached hydrogen (secondary N) is 1. The van der Waals surface area contributed by atoms with Gasteiger partial charge >= 0.3 is 0 Å². The van der Waals surface area contributed by atoms with Crippen molar-refractivity contribution in [3.63, 3.8) is 0 Å². The highest BCUT2D eigenvalue weighted by Gasteiger charge is 2.24. The summed E-state index contributed by atoms with van der Waals surface area (Å²) in [4.78, 5) is 17.3. The predicted molar refractivity (Wildman–Crippen MR) is 97.2 cm³/mol. The summed E-state index contributed by atoms with van der Waals surface area (Å²) in [5, 5.41) is 3.16. The molecule has 6 nitrogen and oxygen atoms in total. The van der Waals surface area contributed by atoms with Crippen molar-refractivity contribution in [3.8, 4) is 5.75 Å². The number of rotatable bonds is 7. The summed E-state index contributed by atoms with van der Waals surface area (Å²) in [5.74, 6) is 0.803. The molecule has 3 rings (SSSR count). The van der Waals surface area contributed by atoms with E-state index in [9.17, 15) is 4.79 Å². The number of carbonyl (C=O) groups excluding carboxylic acids is 1. The lowest BCUT2D eigenvalue weighted by Crippen LogP contribution is -2.42. The summed E-state index contributed by atoms with van der Waals surface area (Å²) < 4.78 is 10.8. The molecule has 2 aliphatic rings. The standard InChI is InChI=1S/C19H29N3O3/c1-2-25-18-5-3-16(4-6-18)19(23)20-17-7-8-22(15-17)10-9-21-11-13-24-14-12-21/h3-6,17H,2,7-15H2,1H3,(H,20,23). The van der Waals surface area contributed by atoms with Gasteiger partial charge in [-0.2, -0.15) is 0 Å². The fourth-order valence-corrected chi connectivity index (χ4v) is 3.40. The van der Waals surface area contributed by atoms with Crippen molar-refractivity contribution >= 4 is 5.91 Å². The van der Waals surface area contributed by atoms with Crippen molar-refractivity contribution in [2.45, 2.75) is 19.4 Å². The Balaban J connectivity index is 1.40. The van der Waals surface area contributed by atoms with Crippen molar-refractivity contribution in [1.82, 2.24) is 15.1 Å². The molecule has 2 saturated heterocycles. The first-order valence-corrected chi connectivity index (χ1v) is 9.31. The maximum Gasteiger partial charge on any atom is 0.251 e. The molecule has 1 unspecified atom stereocenters. The first-order valence-electron chi connectivity index (χ1n) is 9.31. The van der Waals surface area contributed by atoms with E-state index in [-0.39, 0.29) is 11.9 Å². The first-order chi connectivity index (χ1) is 12.2. The van der Waals surface area contributed by atoms with Crippen LogP contribution in [0.1, 0.15) is 23.7 Å². The second-order valence-electron chi connectivity index (χ2n) is 6.67. The third-order valence-corrected chi connectivity index (χ3v) is 4.87. The molecule has 0 bridgehead atoms. The fourth-order valence-electron chi connectivity index (χ4n) is 3.40. The molecule has 0 spiro atoms. The molecule has 1 aromatic carbocycles. The van der Waals surface area contributed by atoms with Crippen LogP contribution in [-0.4, -0.2) is 80.8 Å². The topological polar surface area (TPSA) is 54.0 Å². The molecular formula is C19H29N3O3. The van der Waals surface area contributed by atoms with Crippen LogP contribution in [0.15, 0.2) is 24.3 Å². The molecule has 25 heavy (non-hydrogen) atoms. The van der Waals surface area contributed by atoms with Gasteiger partial charge in [-0.25, -0.2) is 0 Å². The van der Waals surface area contributed by atoms with Gasteiger partial charge in [0.05, 0.1) is 19.8 Å². The molecule has 6 heteroatoms. The Morgan fingerprint density at radius 2 is 1.88 bits per heavy atom. The quantitative estimate of drug-likeness (QED) is 0.804. The van der Waals surface area contributed by atoms with Crippen LogP contribution in [0.2, 0.25) is 0 Å². The Bertz CT molecular complexity index is 543. The van der Waals surface area contributed by atoms with Gasteiger partial charge in [-0.1, -0.05) is 0 Å². The monoisotopic (exact) mass is 347 g/mol. The number of nitrogens with zero attached hydrogens (tertiary/aromatic N) is 2. The summed E-state index contributed by atoms with van der Waals surface area (Å²) in [6.45, 7) is 10.5. The van der Waals surface area contributed by atoms with Gasteiger partial charge in [0.1, 0.15) is 5.75 Å². The van der Waals surface area contributed by atoms with Crippen molar-refractivity contribution in [2.75, 3.05) is 59.1 Å². The van der Waals surface area contributed by atoms with Gasteiger partial charge in [-0.3, -0.25) is 14.6 Å².